The Kier molecular flexibility index (Phi) is 12.2. The summed E-state index contributed by atoms with van der Waals surface area (Å²) in [7, 11) is 6.16. The van der Waals surface area contributed by atoms with E-state index in [1.165, 1.54) is 42.3 Å². The van der Waals surface area contributed by atoms with Crippen molar-refractivity contribution in [3.8, 4) is 23.0 Å². The predicted molar refractivity (Wildman–Crippen MR) is 195 cm³/mol. The number of urea groups is 1. The summed E-state index contributed by atoms with van der Waals surface area (Å²) in [4.78, 5) is 43.0. The van der Waals surface area contributed by atoms with Crippen molar-refractivity contribution in [1.29, 1.82) is 0 Å². The summed E-state index contributed by atoms with van der Waals surface area (Å²) in [5, 5.41) is 24.4. The van der Waals surface area contributed by atoms with Gasteiger partial charge in [-0.25, -0.2) is 4.79 Å². The number of ketones is 2. The number of aliphatic hydroxyl groups is 2. The van der Waals surface area contributed by atoms with Crippen LogP contribution in [-0.4, -0.2) is 90.3 Å². The Morgan fingerprint density at radius 2 is 0.904 bits per heavy atom. The average Bonchev–Trinajstić information content (AvgIpc) is 3.21. The quantitative estimate of drug-likeness (QED) is 0.163. The first kappa shape index (κ1) is 37.9. The topological polar surface area (TPSA) is 135 Å². The third-order valence-electron chi connectivity index (χ3n) is 9.52. The molecule has 4 aromatic carbocycles. The van der Waals surface area contributed by atoms with Crippen LogP contribution in [0.3, 0.4) is 0 Å². The molecule has 0 aromatic heterocycles. The molecule has 1 aliphatic rings. The fourth-order valence-electron chi connectivity index (χ4n) is 6.73. The van der Waals surface area contributed by atoms with E-state index >= 15 is 4.79 Å². The SMILES string of the molecule is COc1cc(C[C@@H]2[C@H](O)[C@@H](O)[C@@H](Cc3cc(OC)cc(OC)c3)N(Cc3cccc(C(C)=O)c3)C(=O)N2Cc2cccc(C(C)=O)c2)cc(OC)c1. The smallest absolute Gasteiger partial charge is 0.321 e. The van der Waals surface area contributed by atoms with Gasteiger partial charge in [0, 0.05) is 36.3 Å². The first-order valence-corrected chi connectivity index (χ1v) is 17.0. The summed E-state index contributed by atoms with van der Waals surface area (Å²) in [6.07, 6.45) is -2.58. The number of nitrogens with zero attached hydrogens (tertiary/aromatic N) is 2. The van der Waals surface area contributed by atoms with Gasteiger partial charge in [-0.3, -0.25) is 9.59 Å². The van der Waals surface area contributed by atoms with Gasteiger partial charge in [0.2, 0.25) is 0 Å². The summed E-state index contributed by atoms with van der Waals surface area (Å²) in [5.74, 6) is 1.87. The molecular weight excluding hydrogens is 664 g/mol. The van der Waals surface area contributed by atoms with Crippen LogP contribution < -0.4 is 18.9 Å². The van der Waals surface area contributed by atoms with E-state index in [4.69, 9.17) is 18.9 Å². The van der Waals surface area contributed by atoms with E-state index in [1.807, 2.05) is 12.1 Å². The van der Waals surface area contributed by atoms with Crippen molar-refractivity contribution in [2.75, 3.05) is 28.4 Å². The minimum Gasteiger partial charge on any atom is -0.497 e. The van der Waals surface area contributed by atoms with Crippen LogP contribution in [0.2, 0.25) is 0 Å². The molecule has 0 radical (unpaired) electrons. The molecule has 2 amide bonds. The van der Waals surface area contributed by atoms with E-state index in [0.717, 1.165) is 0 Å². The minimum absolute atomic E-state index is 0.0270. The first-order valence-electron chi connectivity index (χ1n) is 17.0. The second kappa shape index (κ2) is 16.8. The molecule has 11 nitrogen and oxygen atoms in total. The van der Waals surface area contributed by atoms with Crippen molar-refractivity contribution in [2.45, 2.75) is 64.1 Å². The number of hydrogen-bond acceptors (Lipinski definition) is 9. The van der Waals surface area contributed by atoms with Gasteiger partial charge in [-0.15, -0.1) is 0 Å². The van der Waals surface area contributed by atoms with Crippen LogP contribution in [0, 0.1) is 0 Å². The van der Waals surface area contributed by atoms with Gasteiger partial charge in [-0.1, -0.05) is 36.4 Å². The molecule has 4 atom stereocenters. The highest BCUT2D eigenvalue weighted by Gasteiger charge is 2.46. The molecular formula is C41H46N2O9. The largest absolute Gasteiger partial charge is 0.497 e. The van der Waals surface area contributed by atoms with E-state index in [-0.39, 0.29) is 37.5 Å². The van der Waals surface area contributed by atoms with Gasteiger partial charge in [0.15, 0.2) is 11.6 Å². The van der Waals surface area contributed by atoms with E-state index in [0.29, 0.717) is 56.4 Å². The van der Waals surface area contributed by atoms with Crippen LogP contribution in [0.15, 0.2) is 84.9 Å². The third kappa shape index (κ3) is 8.72. The first-order chi connectivity index (χ1) is 24.9. The van der Waals surface area contributed by atoms with Gasteiger partial charge >= 0.3 is 6.03 Å². The molecule has 1 heterocycles. The molecule has 1 saturated heterocycles. The van der Waals surface area contributed by atoms with Crippen molar-refractivity contribution < 1.29 is 43.5 Å². The molecule has 0 aliphatic carbocycles. The van der Waals surface area contributed by atoms with Gasteiger partial charge in [0.25, 0.3) is 0 Å². The fourth-order valence-corrected chi connectivity index (χ4v) is 6.73. The molecule has 11 heteroatoms. The highest BCUT2D eigenvalue weighted by molar-refractivity contribution is 5.94. The highest BCUT2D eigenvalue weighted by atomic mass is 16.5. The number of ether oxygens (including phenoxy) is 4. The zero-order valence-electron chi connectivity index (χ0n) is 30.4. The van der Waals surface area contributed by atoms with Gasteiger partial charge in [-0.2, -0.15) is 0 Å². The van der Waals surface area contributed by atoms with Crippen LogP contribution in [0.1, 0.15) is 56.8 Å². The molecule has 0 spiro atoms. The number of amides is 2. The Hall–Kier alpha value is -5.39. The molecule has 5 rings (SSSR count). The van der Waals surface area contributed by atoms with Crippen LogP contribution in [0.5, 0.6) is 23.0 Å². The second-order valence-corrected chi connectivity index (χ2v) is 13.0. The van der Waals surface area contributed by atoms with Crippen molar-refractivity contribution >= 4 is 17.6 Å². The maximum atomic E-state index is 15.2. The Morgan fingerprint density at radius 3 is 1.21 bits per heavy atom. The number of carbonyl (C=O) groups is 3. The summed E-state index contributed by atoms with van der Waals surface area (Å²) in [6, 6.07) is 22.4. The number of carbonyl (C=O) groups excluding carboxylic acids is 3. The van der Waals surface area contributed by atoms with E-state index in [1.54, 1.807) is 82.6 Å². The van der Waals surface area contributed by atoms with Crippen molar-refractivity contribution in [2.24, 2.45) is 0 Å². The Bertz CT molecular complexity index is 1730. The number of benzene rings is 4. The summed E-state index contributed by atoms with van der Waals surface area (Å²) in [6.45, 7) is 3.01. The molecule has 0 saturated carbocycles. The lowest BCUT2D eigenvalue weighted by atomic mass is 9.90. The molecule has 0 unspecified atom stereocenters. The monoisotopic (exact) mass is 710 g/mol. The standard InChI is InChI=1S/C41H46N2O9/c1-25(44)31-11-7-9-27(13-31)23-42-37(19-29-15-33(49-3)21-34(16-29)50-4)39(46)40(47)38(20-30-17-35(51-5)22-36(18-30)52-6)43(41(42)48)24-28-10-8-12-32(14-28)26(2)45/h7-18,21-22,37-40,46-47H,19-20,23-24H2,1-6H3/t37-,38-,39+,40+/m1/s1. The lowest BCUT2D eigenvalue weighted by Crippen LogP contribution is -2.50. The van der Waals surface area contributed by atoms with E-state index in [2.05, 4.69) is 0 Å². The Labute approximate surface area is 304 Å². The summed E-state index contributed by atoms with van der Waals surface area (Å²) >= 11 is 0. The van der Waals surface area contributed by atoms with E-state index < -0.39 is 30.3 Å². The maximum absolute atomic E-state index is 15.2. The molecule has 4 aromatic rings. The van der Waals surface area contributed by atoms with Gasteiger partial charge in [0.1, 0.15) is 35.2 Å². The molecule has 1 fully saturated rings. The highest BCUT2D eigenvalue weighted by Crippen LogP contribution is 2.33. The lowest BCUT2D eigenvalue weighted by Gasteiger charge is -2.36. The van der Waals surface area contributed by atoms with Gasteiger partial charge in [0.05, 0.1) is 40.5 Å². The van der Waals surface area contributed by atoms with E-state index in [9.17, 15) is 19.8 Å². The van der Waals surface area contributed by atoms with Crippen molar-refractivity contribution in [3.05, 3.63) is 118 Å². The van der Waals surface area contributed by atoms with Gasteiger partial charge in [-0.05, 0) is 85.3 Å². The molecule has 0 bridgehead atoms. The zero-order valence-corrected chi connectivity index (χ0v) is 30.4. The number of methoxy groups -OCH3 is 4. The zero-order chi connectivity index (χ0) is 37.5. The molecule has 1 aliphatic heterocycles. The third-order valence-corrected chi connectivity index (χ3v) is 9.52. The minimum atomic E-state index is -1.43. The van der Waals surface area contributed by atoms with Crippen molar-refractivity contribution in [3.63, 3.8) is 0 Å². The van der Waals surface area contributed by atoms with Crippen LogP contribution >= 0.6 is 0 Å². The summed E-state index contributed by atoms with van der Waals surface area (Å²) < 4.78 is 22.0. The predicted octanol–water partition coefficient (Wildman–Crippen LogP) is 5.51. The van der Waals surface area contributed by atoms with Crippen LogP contribution in [-0.2, 0) is 25.9 Å². The van der Waals surface area contributed by atoms with Crippen LogP contribution in [0.25, 0.3) is 0 Å². The number of rotatable bonds is 14. The number of Topliss-reactive ketones (excluding diaryl/α,β-unsaturated/α-hetero) is 2. The number of aliphatic hydroxyl groups excluding tert-OH is 2. The van der Waals surface area contributed by atoms with Crippen LogP contribution in [0.4, 0.5) is 4.79 Å². The van der Waals surface area contributed by atoms with Crippen molar-refractivity contribution in [1.82, 2.24) is 9.80 Å². The van der Waals surface area contributed by atoms with Gasteiger partial charge < -0.3 is 39.0 Å². The molecule has 52 heavy (non-hydrogen) atoms. The fraction of sp³-hybridized carbons (Fsp3) is 0.341. The number of hydrogen-bond donors (Lipinski definition) is 2. The lowest BCUT2D eigenvalue weighted by molar-refractivity contribution is -0.0408. The molecule has 274 valence electrons. The molecule has 2 N–H and O–H groups in total. The second-order valence-electron chi connectivity index (χ2n) is 13.0. The maximum Gasteiger partial charge on any atom is 0.321 e. The average molecular weight is 711 g/mol. The Balaban J connectivity index is 1.67. The Morgan fingerprint density at radius 1 is 0.558 bits per heavy atom. The normalized spacial score (nSPS) is 18.8. The summed E-state index contributed by atoms with van der Waals surface area (Å²) in [5.41, 5.74) is 3.73.